The van der Waals surface area contributed by atoms with Gasteiger partial charge in [-0.2, -0.15) is 0 Å². The Bertz CT molecular complexity index is 1560. The summed E-state index contributed by atoms with van der Waals surface area (Å²) in [5, 5.41) is 8.42. The zero-order valence-electron chi connectivity index (χ0n) is 20.9. The van der Waals surface area contributed by atoms with Crippen LogP contribution in [-0.2, 0) is 21.2 Å². The monoisotopic (exact) mass is 551 g/mol. The second kappa shape index (κ2) is 11.1. The van der Waals surface area contributed by atoms with Gasteiger partial charge in [-0.15, -0.1) is 11.3 Å². The van der Waals surface area contributed by atoms with Gasteiger partial charge in [0, 0.05) is 24.3 Å². The molecule has 1 unspecified atom stereocenters. The highest BCUT2D eigenvalue weighted by molar-refractivity contribution is 7.89. The summed E-state index contributed by atoms with van der Waals surface area (Å²) in [6.45, 7) is 2.64. The lowest BCUT2D eigenvalue weighted by Gasteiger charge is -2.29. The summed E-state index contributed by atoms with van der Waals surface area (Å²) in [6, 6.07) is 19.2. The third-order valence-corrected chi connectivity index (χ3v) is 8.99. The van der Waals surface area contributed by atoms with Gasteiger partial charge in [0.1, 0.15) is 16.6 Å². The molecule has 2 heterocycles. The number of nitrogens with two attached hydrogens (primary N) is 1. The van der Waals surface area contributed by atoms with Crippen LogP contribution in [0.15, 0.2) is 71.6 Å². The first kappa shape index (κ1) is 26.1. The van der Waals surface area contributed by atoms with E-state index in [-0.39, 0.29) is 10.7 Å². The Morgan fingerprint density at radius 2 is 1.95 bits per heavy atom. The molecule has 0 spiro atoms. The van der Waals surface area contributed by atoms with Crippen LogP contribution in [0, 0.1) is 5.41 Å². The molecule has 5 rings (SSSR count). The summed E-state index contributed by atoms with van der Waals surface area (Å²) in [5.74, 6) is 0.662. The average Bonchev–Trinajstić information content (AvgIpc) is 3.37. The molecule has 11 heteroatoms. The number of amidine groups is 1. The van der Waals surface area contributed by atoms with Gasteiger partial charge in [-0.1, -0.05) is 24.3 Å². The van der Waals surface area contributed by atoms with E-state index >= 15 is 0 Å². The van der Waals surface area contributed by atoms with Crippen LogP contribution in [0.3, 0.4) is 0 Å². The third kappa shape index (κ3) is 5.81. The highest BCUT2D eigenvalue weighted by Gasteiger charge is 2.26. The molecule has 0 amide bonds. The number of ether oxygens (including phenoxy) is 2. The maximum atomic E-state index is 13.7. The Morgan fingerprint density at radius 3 is 2.71 bits per heavy atom. The smallest absolute Gasteiger partial charge is 0.241 e. The maximum Gasteiger partial charge on any atom is 0.241 e. The van der Waals surface area contributed by atoms with Gasteiger partial charge >= 0.3 is 0 Å². The van der Waals surface area contributed by atoms with Gasteiger partial charge in [-0.05, 0) is 54.4 Å². The van der Waals surface area contributed by atoms with Crippen molar-refractivity contribution in [3.05, 3.63) is 82.9 Å². The van der Waals surface area contributed by atoms with Crippen LogP contribution in [0.4, 0.5) is 5.69 Å². The molecule has 0 bridgehead atoms. The number of sulfonamides is 1. The lowest BCUT2D eigenvalue weighted by molar-refractivity contribution is 0.122. The molecule has 0 aliphatic carbocycles. The van der Waals surface area contributed by atoms with Gasteiger partial charge in [-0.3, -0.25) is 5.41 Å². The summed E-state index contributed by atoms with van der Waals surface area (Å²) in [5.41, 5.74) is 8.72. The van der Waals surface area contributed by atoms with Crippen LogP contribution in [0.5, 0.6) is 5.75 Å². The van der Waals surface area contributed by atoms with Gasteiger partial charge in [0.2, 0.25) is 10.0 Å². The largest absolute Gasteiger partial charge is 0.497 e. The molecule has 1 aliphatic rings. The molecular weight excluding hydrogens is 522 g/mol. The zero-order chi connectivity index (χ0) is 26.7. The van der Waals surface area contributed by atoms with E-state index in [2.05, 4.69) is 9.62 Å². The second-order valence-electron chi connectivity index (χ2n) is 8.97. The third-order valence-electron chi connectivity index (χ3n) is 6.39. The number of methoxy groups -OCH3 is 1. The molecule has 1 aromatic heterocycles. The Balaban J connectivity index is 1.49. The number of anilines is 1. The molecule has 1 saturated heterocycles. The van der Waals surface area contributed by atoms with Crippen LogP contribution in [-0.4, -0.2) is 52.7 Å². The summed E-state index contributed by atoms with van der Waals surface area (Å²) in [4.78, 5) is 7.06. The number of thiazole rings is 1. The molecule has 0 saturated carbocycles. The standard InChI is InChI=1S/C27H29N5O4S2/c1-35-21-8-9-23-25(17-21)37-27(30-23)24(15-18-4-2-5-19(14-18)26(28)29)31-38(33,34)22-7-3-6-20(16-22)32-10-12-36-13-11-32/h2-9,14,16-17,24,31H,10-13,15H2,1H3,(H3,28,29). The number of hydrogen-bond donors (Lipinski definition) is 3. The van der Waals surface area contributed by atoms with Crippen LogP contribution >= 0.6 is 11.3 Å². The van der Waals surface area contributed by atoms with E-state index in [0.717, 1.165) is 21.5 Å². The van der Waals surface area contributed by atoms with Crippen molar-refractivity contribution in [3.63, 3.8) is 0 Å². The molecule has 3 aromatic carbocycles. The van der Waals surface area contributed by atoms with Crippen molar-refractivity contribution in [2.45, 2.75) is 17.4 Å². The number of nitrogen functional groups attached to an aromatic ring is 1. The van der Waals surface area contributed by atoms with Crippen molar-refractivity contribution in [1.82, 2.24) is 9.71 Å². The lowest BCUT2D eigenvalue weighted by atomic mass is 10.0. The van der Waals surface area contributed by atoms with Gasteiger partial charge in [0.05, 0.1) is 41.5 Å². The van der Waals surface area contributed by atoms with Crippen LogP contribution < -0.4 is 20.1 Å². The number of nitrogens with zero attached hydrogens (tertiary/aromatic N) is 2. The fourth-order valence-corrected chi connectivity index (χ4v) is 6.76. The van der Waals surface area contributed by atoms with Gasteiger partial charge < -0.3 is 20.1 Å². The minimum atomic E-state index is -3.90. The first-order valence-corrected chi connectivity index (χ1v) is 14.5. The van der Waals surface area contributed by atoms with E-state index in [4.69, 9.17) is 25.6 Å². The Kier molecular flexibility index (Phi) is 7.61. The zero-order valence-corrected chi connectivity index (χ0v) is 22.5. The number of benzene rings is 3. The first-order chi connectivity index (χ1) is 18.3. The number of hydrogen-bond acceptors (Lipinski definition) is 8. The van der Waals surface area contributed by atoms with Crippen molar-refractivity contribution < 1.29 is 17.9 Å². The van der Waals surface area contributed by atoms with E-state index in [1.165, 1.54) is 11.3 Å². The first-order valence-electron chi connectivity index (χ1n) is 12.2. The number of fused-ring (bicyclic) bond motifs is 1. The molecule has 1 atom stereocenters. The van der Waals surface area contributed by atoms with Crippen LogP contribution in [0.2, 0.25) is 0 Å². The molecule has 4 N–H and O–H groups in total. The van der Waals surface area contributed by atoms with Gasteiger partial charge in [-0.25, -0.2) is 18.1 Å². The molecular formula is C27H29N5O4S2. The van der Waals surface area contributed by atoms with E-state index in [0.29, 0.717) is 49.0 Å². The van der Waals surface area contributed by atoms with Gasteiger partial charge in [0.15, 0.2) is 0 Å². The number of morpholine rings is 1. The minimum Gasteiger partial charge on any atom is -0.497 e. The SMILES string of the molecule is COc1ccc2nc(C(Cc3cccc(C(=N)N)c3)NS(=O)(=O)c3cccc(N4CCOCC4)c3)sc2c1. The predicted molar refractivity (Wildman–Crippen MR) is 150 cm³/mol. The quantitative estimate of drug-likeness (QED) is 0.214. The highest BCUT2D eigenvalue weighted by atomic mass is 32.2. The van der Waals surface area contributed by atoms with Gasteiger partial charge in [0.25, 0.3) is 0 Å². The molecule has 1 aliphatic heterocycles. The maximum absolute atomic E-state index is 13.7. The summed E-state index contributed by atoms with van der Waals surface area (Å²) >= 11 is 1.42. The number of aromatic nitrogens is 1. The molecule has 4 aromatic rings. The topological polar surface area (TPSA) is 131 Å². The predicted octanol–water partition coefficient (Wildman–Crippen LogP) is 3.69. The van der Waals surface area contributed by atoms with E-state index < -0.39 is 16.1 Å². The van der Waals surface area contributed by atoms with E-state index in [1.807, 2.05) is 36.4 Å². The van der Waals surface area contributed by atoms with E-state index in [9.17, 15) is 8.42 Å². The van der Waals surface area contributed by atoms with Crippen LogP contribution in [0.25, 0.3) is 10.2 Å². The highest BCUT2D eigenvalue weighted by Crippen LogP contribution is 2.32. The Hall–Kier alpha value is -3.51. The second-order valence-corrected chi connectivity index (χ2v) is 11.8. The normalized spacial score (nSPS) is 14.9. The molecule has 198 valence electrons. The molecule has 0 radical (unpaired) electrons. The fourth-order valence-electron chi connectivity index (χ4n) is 4.40. The Labute approximate surface area is 225 Å². The van der Waals surface area contributed by atoms with E-state index in [1.54, 1.807) is 37.4 Å². The minimum absolute atomic E-state index is 0.0454. The van der Waals surface area contributed by atoms with Crippen LogP contribution in [0.1, 0.15) is 22.2 Å². The fraction of sp³-hybridized carbons (Fsp3) is 0.259. The number of nitrogens with one attached hydrogen (secondary N) is 2. The van der Waals surface area contributed by atoms with Crippen molar-refractivity contribution in [1.29, 1.82) is 5.41 Å². The van der Waals surface area contributed by atoms with Crippen molar-refractivity contribution in [2.75, 3.05) is 38.3 Å². The number of rotatable bonds is 9. The van der Waals surface area contributed by atoms with Crippen molar-refractivity contribution in [2.24, 2.45) is 5.73 Å². The lowest BCUT2D eigenvalue weighted by Crippen LogP contribution is -2.36. The van der Waals surface area contributed by atoms with Crippen molar-refractivity contribution >= 4 is 43.1 Å². The summed E-state index contributed by atoms with van der Waals surface area (Å²) in [7, 11) is -2.29. The van der Waals surface area contributed by atoms with Crippen molar-refractivity contribution in [3.8, 4) is 5.75 Å². The summed E-state index contributed by atoms with van der Waals surface area (Å²) < 4.78 is 41.9. The molecule has 1 fully saturated rings. The average molecular weight is 552 g/mol. The summed E-state index contributed by atoms with van der Waals surface area (Å²) in [6.07, 6.45) is 0.334. The molecule has 38 heavy (non-hydrogen) atoms. The molecule has 9 nitrogen and oxygen atoms in total. The Morgan fingerprint density at radius 1 is 1.16 bits per heavy atom.